The van der Waals surface area contributed by atoms with Crippen molar-refractivity contribution < 1.29 is 39.2 Å². The highest BCUT2D eigenvalue weighted by Crippen LogP contribution is 2.33. The van der Waals surface area contributed by atoms with Gasteiger partial charge in [-0.15, -0.1) is 11.3 Å². The minimum absolute atomic E-state index is 0.0178. The van der Waals surface area contributed by atoms with E-state index >= 15 is 0 Å². The Balaban J connectivity index is 0.000000139. The van der Waals surface area contributed by atoms with Crippen LogP contribution in [0.1, 0.15) is 69.2 Å². The summed E-state index contributed by atoms with van der Waals surface area (Å²) in [5.41, 5.74) is 11.6. The summed E-state index contributed by atoms with van der Waals surface area (Å²) in [6, 6.07) is 22.0. The Morgan fingerprint density at radius 2 is 0.988 bits per heavy atom. The molecule has 82 heavy (non-hydrogen) atoms. The molecule has 2 aliphatic rings. The van der Waals surface area contributed by atoms with Crippen LogP contribution in [0.3, 0.4) is 0 Å². The zero-order valence-electron chi connectivity index (χ0n) is 44.2. The third kappa shape index (κ3) is 13.9. The molecule has 20 nitrogen and oxygen atoms in total. The van der Waals surface area contributed by atoms with Gasteiger partial charge in [0.1, 0.15) is 14.6 Å². The fourth-order valence-corrected chi connectivity index (χ4v) is 12.4. The van der Waals surface area contributed by atoms with Gasteiger partial charge in [-0.05, 0) is 49.9 Å². The molecule has 0 spiro atoms. The molecule has 27 heteroatoms. The summed E-state index contributed by atoms with van der Waals surface area (Å²) in [5, 5.41) is 36.3. The number of fused-ring (bicyclic) bond motifs is 3. The highest BCUT2D eigenvalue weighted by atomic mass is 35.5. The maximum atomic E-state index is 12.8. The lowest BCUT2D eigenvalue weighted by Gasteiger charge is -2.32. The first kappa shape index (κ1) is 60.0. The van der Waals surface area contributed by atoms with Crippen LogP contribution in [0.25, 0.3) is 48.7 Å². The molecule has 0 unspecified atom stereocenters. The van der Waals surface area contributed by atoms with Crippen molar-refractivity contribution in [3.63, 3.8) is 0 Å². The van der Waals surface area contributed by atoms with E-state index in [9.17, 15) is 34.5 Å². The maximum Gasteiger partial charge on any atom is 0.277 e. The molecule has 3 aromatic carbocycles. The third-order valence-corrected chi connectivity index (χ3v) is 17.5. The second-order valence-corrected chi connectivity index (χ2v) is 23.6. The predicted octanol–water partition coefficient (Wildman–Crippen LogP) is 8.87. The molecule has 0 radical (unpaired) electrons. The number of morpholine rings is 1. The van der Waals surface area contributed by atoms with E-state index in [1.54, 1.807) is 80.3 Å². The van der Waals surface area contributed by atoms with E-state index in [2.05, 4.69) is 37.2 Å². The molecule has 10 aromatic rings. The number of ether oxygens (including phenoxy) is 1. The minimum Gasteiger partial charge on any atom is -0.390 e. The lowest BCUT2D eigenvalue weighted by Crippen LogP contribution is -2.46. The maximum absolute atomic E-state index is 12.8. The number of nitrogens with one attached hydrogen (secondary N) is 1. The number of halogens is 3. The molecule has 0 aliphatic carbocycles. The summed E-state index contributed by atoms with van der Waals surface area (Å²) < 4.78 is 10.7. The summed E-state index contributed by atoms with van der Waals surface area (Å²) in [5.74, 6) is -0.555. The standard InChI is InChI=1S/C18H19ClN4O2S.C17H16ClN3O3S.C16H16ClN3O2S.C4H4N2OS/c1-21-6-8-22(9-7-21)17(25)15-10-23-14(11-24)16(20-18(23)26-15)12-2-4-13(19)5-3-12;18-12-3-1-11(2-4-12)15-13(10-22)21-9-14(25-17(21)19-15)16(23)20-5-7-24-8-6-20;1-2-7-18-15(22)13-8-20-12(9-21)14(19-16(20)23-13)10-3-5-11(17)6-4-10;5-3(7)4-6-1-2-8-4/h2-5,10,24H,6-9,11H2,1H3;1-4,9,22H,5-8,10H2;3-6,8,21H,2,7,9H2,1H3,(H,18,22);1-2H,(H2,5,7). The Morgan fingerprint density at radius 1 is 0.598 bits per heavy atom. The van der Waals surface area contributed by atoms with Crippen LogP contribution in [0.4, 0.5) is 0 Å². The van der Waals surface area contributed by atoms with Crippen molar-refractivity contribution >= 4 is 119 Å². The average molecular weight is 1250 g/mol. The first-order valence-electron chi connectivity index (χ1n) is 25.6. The number of nitrogens with zero attached hydrogens (tertiary/aromatic N) is 10. The molecule has 0 saturated carbocycles. The molecule has 0 bridgehead atoms. The van der Waals surface area contributed by atoms with Gasteiger partial charge in [0, 0.05) is 108 Å². The normalized spacial score (nSPS) is 13.6. The van der Waals surface area contributed by atoms with Crippen LogP contribution < -0.4 is 11.1 Å². The quantitative estimate of drug-likeness (QED) is 0.0768. The van der Waals surface area contributed by atoms with Gasteiger partial charge in [0.15, 0.2) is 19.9 Å². The van der Waals surface area contributed by atoms with E-state index in [-0.39, 0.29) is 37.5 Å². The number of aromatic nitrogens is 7. The van der Waals surface area contributed by atoms with Crippen molar-refractivity contribution in [3.05, 3.63) is 155 Å². The third-order valence-electron chi connectivity index (χ3n) is 13.0. The van der Waals surface area contributed by atoms with Crippen molar-refractivity contribution in [2.75, 3.05) is 66.1 Å². The zero-order chi connectivity index (χ0) is 58.0. The van der Waals surface area contributed by atoms with E-state index in [4.69, 9.17) is 45.3 Å². The number of aliphatic hydroxyl groups is 3. The summed E-state index contributed by atoms with van der Waals surface area (Å²) in [4.78, 5) is 74.9. The van der Waals surface area contributed by atoms with Crippen molar-refractivity contribution in [2.45, 2.75) is 33.2 Å². The van der Waals surface area contributed by atoms with Gasteiger partial charge in [0.25, 0.3) is 23.6 Å². The van der Waals surface area contributed by atoms with Crippen LogP contribution in [0.15, 0.2) is 103 Å². The molecule has 7 aromatic heterocycles. The van der Waals surface area contributed by atoms with E-state index < -0.39 is 5.91 Å². The smallest absolute Gasteiger partial charge is 0.277 e. The molecule has 9 heterocycles. The van der Waals surface area contributed by atoms with Crippen LogP contribution in [0, 0.1) is 0 Å². The summed E-state index contributed by atoms with van der Waals surface area (Å²) in [6.07, 6.45) is 7.71. The summed E-state index contributed by atoms with van der Waals surface area (Å²) in [7, 11) is 2.06. The number of nitrogens with two attached hydrogens (primary N) is 1. The number of piperazine rings is 1. The molecule has 428 valence electrons. The first-order valence-corrected chi connectivity index (χ1v) is 30.1. The Kier molecular flexibility index (Phi) is 20.2. The second-order valence-electron chi connectivity index (χ2n) is 18.4. The number of aliphatic hydroxyl groups excluding tert-OH is 3. The Bertz CT molecular complexity index is 3810. The molecule has 2 fully saturated rings. The number of thiazole rings is 4. The Labute approximate surface area is 501 Å². The van der Waals surface area contributed by atoms with Crippen LogP contribution in [-0.4, -0.2) is 153 Å². The highest BCUT2D eigenvalue weighted by molar-refractivity contribution is 7.19. The van der Waals surface area contributed by atoms with Crippen molar-refractivity contribution in [1.29, 1.82) is 0 Å². The molecular formula is C55H55Cl3N12O8S4. The molecule has 12 rings (SSSR count). The van der Waals surface area contributed by atoms with Gasteiger partial charge in [0.05, 0.1) is 67.2 Å². The van der Waals surface area contributed by atoms with E-state index in [0.29, 0.717) is 117 Å². The Hall–Kier alpha value is -6.65. The van der Waals surface area contributed by atoms with Gasteiger partial charge >= 0.3 is 0 Å². The number of carbonyl (C=O) groups is 4. The minimum atomic E-state index is -0.458. The van der Waals surface area contributed by atoms with Crippen molar-refractivity contribution in [1.82, 2.24) is 53.2 Å². The van der Waals surface area contributed by atoms with Gasteiger partial charge in [-0.2, -0.15) is 0 Å². The number of imidazole rings is 3. The van der Waals surface area contributed by atoms with Crippen LogP contribution in [0.5, 0.6) is 0 Å². The van der Waals surface area contributed by atoms with E-state index in [0.717, 1.165) is 49.3 Å². The van der Waals surface area contributed by atoms with Gasteiger partial charge in [0.2, 0.25) is 0 Å². The number of carbonyl (C=O) groups excluding carboxylic acids is 4. The number of amides is 4. The Morgan fingerprint density at radius 3 is 1.34 bits per heavy atom. The van der Waals surface area contributed by atoms with Gasteiger partial charge in [-0.25, -0.2) is 19.9 Å². The van der Waals surface area contributed by atoms with Crippen LogP contribution in [-0.2, 0) is 24.6 Å². The monoisotopic (exact) mass is 1240 g/mol. The highest BCUT2D eigenvalue weighted by Gasteiger charge is 2.26. The fraction of sp³-hybridized carbons (Fsp3) is 0.273. The molecule has 2 saturated heterocycles. The van der Waals surface area contributed by atoms with Gasteiger partial charge in [-0.1, -0.05) is 112 Å². The van der Waals surface area contributed by atoms with Crippen LogP contribution >= 0.6 is 80.1 Å². The van der Waals surface area contributed by atoms with Crippen molar-refractivity contribution in [2.24, 2.45) is 5.73 Å². The number of hydrogen-bond donors (Lipinski definition) is 5. The molecule has 6 N–H and O–H groups in total. The number of primary amides is 1. The van der Waals surface area contributed by atoms with Crippen LogP contribution in [0.2, 0.25) is 15.1 Å². The summed E-state index contributed by atoms with van der Waals surface area (Å²) >= 11 is 23.0. The number of rotatable bonds is 12. The molecular weight excluding hydrogens is 1190 g/mol. The van der Waals surface area contributed by atoms with Crippen molar-refractivity contribution in [3.8, 4) is 33.8 Å². The zero-order valence-corrected chi connectivity index (χ0v) is 49.7. The molecule has 4 amide bonds. The number of benzene rings is 3. The summed E-state index contributed by atoms with van der Waals surface area (Å²) in [6.45, 7) is 7.73. The molecule has 0 atom stereocenters. The largest absolute Gasteiger partial charge is 0.390 e. The lowest BCUT2D eigenvalue weighted by molar-refractivity contribution is 0.0306. The lowest BCUT2D eigenvalue weighted by atomic mass is 10.1. The predicted molar refractivity (Wildman–Crippen MR) is 322 cm³/mol. The number of likely N-dealkylation sites (N-methyl/N-ethyl adjacent to an activating group) is 1. The average Bonchev–Trinajstić information content (AvgIpc) is 3.68. The first-order chi connectivity index (χ1) is 39.7. The molecule has 2 aliphatic heterocycles. The second kappa shape index (κ2) is 27.6. The SMILES string of the molecule is CCCNC(=O)c1cn2c(CO)c(-c3ccc(Cl)cc3)nc2s1.CN1CCN(C(=O)c2cn3c(CO)c(-c4ccc(Cl)cc4)nc3s2)CC1.NC(=O)c1nccs1.O=C(c1cn2c(CO)c(-c3ccc(Cl)cc3)nc2s1)N1CCOCC1. The van der Waals surface area contributed by atoms with E-state index in [1.165, 1.54) is 45.3 Å². The van der Waals surface area contributed by atoms with E-state index in [1.807, 2.05) is 52.6 Å². The van der Waals surface area contributed by atoms with Gasteiger partial charge in [-0.3, -0.25) is 32.4 Å². The number of hydrogen-bond acceptors (Lipinski definition) is 17. The topological polar surface area (TPSA) is 251 Å². The van der Waals surface area contributed by atoms with Gasteiger partial charge < -0.3 is 45.8 Å². The fourth-order valence-electron chi connectivity index (χ4n) is 8.70.